The van der Waals surface area contributed by atoms with Gasteiger partial charge in [-0.15, -0.1) is 13.2 Å². The minimum atomic E-state index is -0.248. The Kier molecular flexibility index (Phi) is 10.9. The van der Waals surface area contributed by atoms with Crippen LogP contribution in [-0.2, 0) is 14.3 Å². The molecule has 0 aliphatic heterocycles. The third kappa shape index (κ3) is 8.07. The summed E-state index contributed by atoms with van der Waals surface area (Å²) in [6, 6.07) is 0.0997. The van der Waals surface area contributed by atoms with Gasteiger partial charge in [-0.3, -0.25) is 4.90 Å². The van der Waals surface area contributed by atoms with Crippen molar-refractivity contribution in [3.63, 3.8) is 0 Å². The Morgan fingerprint density at radius 1 is 1.24 bits per heavy atom. The van der Waals surface area contributed by atoms with E-state index in [0.29, 0.717) is 31.7 Å². The summed E-state index contributed by atoms with van der Waals surface area (Å²) in [7, 11) is 0. The molecule has 1 aliphatic carbocycles. The summed E-state index contributed by atoms with van der Waals surface area (Å²) in [5.41, 5.74) is 0.597. The Hall–Kier alpha value is -1.43. The molecular weight excluding hydrogens is 364 g/mol. The standard InChI is InChI=1S/C24H42N2O3/c1-9-14-26(15-10-2)20-16-18(23(27)28-13-5)17-21(29-19(11-3)12-4)22(20)25-24(6,7)8/h9-10,17,19-22,25H,1-2,11-16H2,3-8H3/t20-,21-,22+/m1/s1. The second-order valence-corrected chi connectivity index (χ2v) is 8.67. The van der Waals surface area contributed by atoms with Crippen LogP contribution < -0.4 is 5.32 Å². The van der Waals surface area contributed by atoms with Gasteiger partial charge < -0.3 is 14.8 Å². The summed E-state index contributed by atoms with van der Waals surface area (Å²) in [6.45, 7) is 22.2. The highest BCUT2D eigenvalue weighted by Crippen LogP contribution is 2.29. The van der Waals surface area contributed by atoms with E-state index in [-0.39, 0.29) is 35.8 Å². The first-order valence-corrected chi connectivity index (χ1v) is 11.0. The number of hydrogen-bond acceptors (Lipinski definition) is 5. The first-order valence-electron chi connectivity index (χ1n) is 11.0. The average Bonchev–Trinajstić information content (AvgIpc) is 2.65. The van der Waals surface area contributed by atoms with Gasteiger partial charge in [-0.05, 0) is 53.0 Å². The Balaban J connectivity index is 3.39. The van der Waals surface area contributed by atoms with E-state index in [1.165, 1.54) is 0 Å². The Morgan fingerprint density at radius 3 is 2.28 bits per heavy atom. The third-order valence-corrected chi connectivity index (χ3v) is 5.16. The van der Waals surface area contributed by atoms with Crippen molar-refractivity contribution in [2.75, 3.05) is 19.7 Å². The zero-order valence-electron chi connectivity index (χ0n) is 19.4. The molecule has 0 radical (unpaired) electrons. The number of carbonyl (C=O) groups is 1. The van der Waals surface area contributed by atoms with Crippen LogP contribution in [-0.4, -0.2) is 60.4 Å². The molecule has 0 saturated carbocycles. The highest BCUT2D eigenvalue weighted by molar-refractivity contribution is 5.89. The van der Waals surface area contributed by atoms with Gasteiger partial charge in [0.1, 0.15) is 0 Å². The molecule has 0 saturated heterocycles. The number of hydrogen-bond donors (Lipinski definition) is 1. The van der Waals surface area contributed by atoms with E-state index < -0.39 is 0 Å². The molecule has 0 bridgehead atoms. The first-order chi connectivity index (χ1) is 13.7. The summed E-state index contributed by atoms with van der Waals surface area (Å²) in [6.07, 6.45) is 8.20. The molecule has 1 N–H and O–H groups in total. The van der Waals surface area contributed by atoms with Crippen LogP contribution >= 0.6 is 0 Å². The van der Waals surface area contributed by atoms with Gasteiger partial charge in [-0.25, -0.2) is 4.79 Å². The highest BCUT2D eigenvalue weighted by atomic mass is 16.5. The fraction of sp³-hybridized carbons (Fsp3) is 0.708. The maximum Gasteiger partial charge on any atom is 0.333 e. The first kappa shape index (κ1) is 25.6. The summed E-state index contributed by atoms with van der Waals surface area (Å²) < 4.78 is 11.8. The maximum atomic E-state index is 12.6. The predicted octanol–water partition coefficient (Wildman–Crippen LogP) is 4.25. The Morgan fingerprint density at radius 2 is 1.83 bits per heavy atom. The van der Waals surface area contributed by atoms with E-state index in [2.05, 4.69) is 58.0 Å². The zero-order valence-corrected chi connectivity index (χ0v) is 19.4. The lowest BCUT2D eigenvalue weighted by molar-refractivity contribution is -0.139. The van der Waals surface area contributed by atoms with Crippen LogP contribution in [0.1, 0.15) is 60.8 Å². The second-order valence-electron chi connectivity index (χ2n) is 8.67. The topological polar surface area (TPSA) is 50.8 Å². The van der Waals surface area contributed by atoms with Gasteiger partial charge in [0.25, 0.3) is 0 Å². The molecule has 3 atom stereocenters. The minimum Gasteiger partial charge on any atom is -0.463 e. The minimum absolute atomic E-state index is 0.0358. The highest BCUT2D eigenvalue weighted by Gasteiger charge is 2.41. The van der Waals surface area contributed by atoms with Gasteiger partial charge >= 0.3 is 5.97 Å². The van der Waals surface area contributed by atoms with Crippen LogP contribution in [0.2, 0.25) is 0 Å². The number of nitrogens with zero attached hydrogens (tertiary/aromatic N) is 1. The maximum absolute atomic E-state index is 12.6. The molecule has 0 aromatic heterocycles. The van der Waals surface area contributed by atoms with Crippen LogP contribution in [0.3, 0.4) is 0 Å². The number of nitrogens with one attached hydrogen (secondary N) is 1. The summed E-state index contributed by atoms with van der Waals surface area (Å²) in [4.78, 5) is 14.9. The van der Waals surface area contributed by atoms with Crippen molar-refractivity contribution in [1.29, 1.82) is 0 Å². The number of esters is 1. The molecule has 5 nitrogen and oxygen atoms in total. The SMILES string of the molecule is C=CCN(CC=C)[C@@H]1CC(C(=O)OCC)=C[C@@H](OC(CC)CC)[C@H]1NC(C)(C)C. The van der Waals surface area contributed by atoms with Gasteiger partial charge in [0.05, 0.1) is 24.9 Å². The lowest BCUT2D eigenvalue weighted by atomic mass is 9.85. The lowest BCUT2D eigenvalue weighted by Crippen LogP contribution is -2.62. The normalized spacial score (nSPS) is 22.5. The largest absolute Gasteiger partial charge is 0.463 e. The number of rotatable bonds is 12. The van der Waals surface area contributed by atoms with E-state index in [1.54, 1.807) is 0 Å². The van der Waals surface area contributed by atoms with Crippen molar-refractivity contribution in [3.8, 4) is 0 Å². The average molecular weight is 407 g/mol. The summed E-state index contributed by atoms with van der Waals surface area (Å²) in [5, 5.41) is 3.77. The van der Waals surface area contributed by atoms with E-state index in [0.717, 1.165) is 12.8 Å². The molecule has 0 heterocycles. The van der Waals surface area contributed by atoms with Gasteiger partial charge in [0, 0.05) is 30.2 Å². The van der Waals surface area contributed by atoms with E-state index in [4.69, 9.17) is 9.47 Å². The van der Waals surface area contributed by atoms with Gasteiger partial charge in [0.15, 0.2) is 0 Å². The molecular formula is C24H42N2O3. The van der Waals surface area contributed by atoms with Crippen LogP contribution in [0.4, 0.5) is 0 Å². The molecule has 29 heavy (non-hydrogen) atoms. The quantitative estimate of drug-likeness (QED) is 0.388. The fourth-order valence-corrected chi connectivity index (χ4v) is 3.86. The smallest absolute Gasteiger partial charge is 0.333 e. The summed E-state index contributed by atoms with van der Waals surface area (Å²) in [5.74, 6) is -0.248. The van der Waals surface area contributed by atoms with Crippen molar-refractivity contribution in [2.24, 2.45) is 0 Å². The monoisotopic (exact) mass is 406 g/mol. The lowest BCUT2D eigenvalue weighted by Gasteiger charge is -2.45. The molecule has 0 amide bonds. The third-order valence-electron chi connectivity index (χ3n) is 5.16. The van der Waals surface area contributed by atoms with Crippen LogP contribution in [0.15, 0.2) is 37.0 Å². The van der Waals surface area contributed by atoms with E-state index in [1.807, 2.05) is 25.2 Å². The van der Waals surface area contributed by atoms with Crippen LogP contribution in [0.25, 0.3) is 0 Å². The van der Waals surface area contributed by atoms with Crippen molar-refractivity contribution >= 4 is 5.97 Å². The molecule has 0 aromatic rings. The molecule has 166 valence electrons. The van der Waals surface area contributed by atoms with Crippen LogP contribution in [0.5, 0.6) is 0 Å². The molecule has 0 aromatic carbocycles. The fourth-order valence-electron chi connectivity index (χ4n) is 3.86. The molecule has 0 fully saturated rings. The van der Waals surface area contributed by atoms with Crippen molar-refractivity contribution in [3.05, 3.63) is 37.0 Å². The molecule has 5 heteroatoms. The van der Waals surface area contributed by atoms with E-state index >= 15 is 0 Å². The van der Waals surface area contributed by atoms with Gasteiger partial charge in [-0.1, -0.05) is 26.0 Å². The predicted molar refractivity (Wildman–Crippen MR) is 121 cm³/mol. The number of ether oxygens (including phenoxy) is 2. The van der Waals surface area contributed by atoms with Gasteiger partial charge in [0.2, 0.25) is 0 Å². The molecule has 0 unspecified atom stereocenters. The Bertz CT molecular complexity index is 551. The van der Waals surface area contributed by atoms with Crippen LogP contribution in [0, 0.1) is 0 Å². The van der Waals surface area contributed by atoms with Gasteiger partial charge in [-0.2, -0.15) is 0 Å². The molecule has 0 spiro atoms. The summed E-state index contributed by atoms with van der Waals surface area (Å²) >= 11 is 0. The second kappa shape index (κ2) is 12.3. The van der Waals surface area contributed by atoms with Crippen molar-refractivity contribution < 1.29 is 14.3 Å². The zero-order chi connectivity index (χ0) is 22.0. The van der Waals surface area contributed by atoms with Crippen molar-refractivity contribution in [1.82, 2.24) is 10.2 Å². The number of carbonyl (C=O) groups excluding carboxylic acids is 1. The molecule has 1 aliphatic rings. The van der Waals surface area contributed by atoms with E-state index in [9.17, 15) is 4.79 Å². The Labute approximate surface area is 178 Å². The molecule has 1 rings (SSSR count). The van der Waals surface area contributed by atoms with Crippen molar-refractivity contribution in [2.45, 2.75) is 90.6 Å².